The number of carbonyl (C=O) groups excluding carboxylic acids is 1. The van der Waals surface area contributed by atoms with Gasteiger partial charge in [0.05, 0.1) is 6.61 Å². The van der Waals surface area contributed by atoms with Gasteiger partial charge in [0.15, 0.2) is 0 Å². The van der Waals surface area contributed by atoms with E-state index in [2.05, 4.69) is 10.2 Å². The molecular weight excluding hydrogens is 266 g/mol. The van der Waals surface area contributed by atoms with Crippen LogP contribution in [0.2, 0.25) is 0 Å². The molecule has 1 fully saturated rings. The summed E-state index contributed by atoms with van der Waals surface area (Å²) in [5.41, 5.74) is 7.07. The summed E-state index contributed by atoms with van der Waals surface area (Å²) in [6.07, 6.45) is 5.00. The first-order chi connectivity index (χ1) is 10.2. The number of rotatable bonds is 5. The topological polar surface area (TPSA) is 78.6 Å². The van der Waals surface area contributed by atoms with Gasteiger partial charge in [-0.25, -0.2) is 0 Å². The predicted molar refractivity (Wildman–Crippen MR) is 85.0 cm³/mol. The van der Waals surface area contributed by atoms with Gasteiger partial charge >= 0.3 is 0 Å². The van der Waals surface area contributed by atoms with E-state index >= 15 is 0 Å². The van der Waals surface area contributed by atoms with Crippen LogP contribution in [0, 0.1) is 0 Å². The summed E-state index contributed by atoms with van der Waals surface area (Å²) in [5.74, 6) is 0.000656. The van der Waals surface area contributed by atoms with Crippen LogP contribution in [-0.2, 0) is 4.79 Å². The number of hydrogen-bond acceptors (Lipinski definition) is 4. The molecule has 0 aromatic heterocycles. The Morgan fingerprint density at radius 1 is 1.29 bits per heavy atom. The first-order valence-corrected chi connectivity index (χ1v) is 7.69. The van der Waals surface area contributed by atoms with Gasteiger partial charge in [-0.1, -0.05) is 12.8 Å². The van der Waals surface area contributed by atoms with Gasteiger partial charge in [0.2, 0.25) is 5.91 Å². The monoisotopic (exact) mass is 291 g/mol. The first kappa shape index (κ1) is 15.8. The number of anilines is 2. The minimum Gasteiger partial charge on any atom is -0.399 e. The number of amides is 1. The van der Waals surface area contributed by atoms with E-state index in [4.69, 9.17) is 5.73 Å². The smallest absolute Gasteiger partial charge is 0.225 e. The van der Waals surface area contributed by atoms with Crippen molar-refractivity contribution in [3.63, 3.8) is 0 Å². The normalized spacial score (nSPS) is 20.0. The molecule has 0 bridgehead atoms. The summed E-state index contributed by atoms with van der Waals surface area (Å²) in [7, 11) is 0. The Kier molecular flexibility index (Phi) is 6.02. The van der Waals surface area contributed by atoms with Crippen molar-refractivity contribution >= 4 is 17.3 Å². The van der Waals surface area contributed by atoms with Gasteiger partial charge in [0.1, 0.15) is 0 Å². The van der Waals surface area contributed by atoms with E-state index in [1.165, 1.54) is 12.8 Å². The lowest BCUT2D eigenvalue weighted by atomic mass is 10.1. The zero-order valence-corrected chi connectivity index (χ0v) is 12.4. The van der Waals surface area contributed by atoms with Gasteiger partial charge < -0.3 is 16.2 Å². The second kappa shape index (κ2) is 8.00. The van der Waals surface area contributed by atoms with Gasteiger partial charge in [-0.05, 0) is 43.7 Å². The van der Waals surface area contributed by atoms with Crippen molar-refractivity contribution in [1.82, 2.24) is 4.90 Å². The summed E-state index contributed by atoms with van der Waals surface area (Å²) in [5, 5.41) is 12.3. The molecular formula is C16H25N3O2. The molecule has 5 heteroatoms. The maximum atomic E-state index is 12.0. The second-order valence-electron chi connectivity index (χ2n) is 5.64. The average Bonchev–Trinajstić information content (AvgIpc) is 2.72. The molecule has 1 saturated heterocycles. The number of aliphatic hydroxyl groups is 1. The van der Waals surface area contributed by atoms with Crippen LogP contribution in [0.4, 0.5) is 11.4 Å². The van der Waals surface area contributed by atoms with Crippen LogP contribution in [0.15, 0.2) is 24.3 Å². The molecule has 1 heterocycles. The molecule has 0 saturated carbocycles. The Morgan fingerprint density at radius 2 is 2.05 bits per heavy atom. The lowest BCUT2D eigenvalue weighted by Crippen LogP contribution is -2.39. The summed E-state index contributed by atoms with van der Waals surface area (Å²) < 4.78 is 0. The van der Waals surface area contributed by atoms with Crippen LogP contribution < -0.4 is 11.1 Å². The largest absolute Gasteiger partial charge is 0.399 e. The molecule has 5 nitrogen and oxygen atoms in total. The standard InChI is InChI=1S/C16H25N3O2/c17-13-5-7-14(8-6-13)18-16(21)9-11-19-10-3-1-2-4-15(19)12-20/h5-8,15,20H,1-4,9-12,17H2,(H,18,21). The fraction of sp³-hybridized carbons (Fsp3) is 0.562. The van der Waals surface area contributed by atoms with Gasteiger partial charge in [-0.2, -0.15) is 0 Å². The zero-order chi connectivity index (χ0) is 15.1. The van der Waals surface area contributed by atoms with Crippen molar-refractivity contribution in [3.8, 4) is 0 Å². The molecule has 4 N–H and O–H groups in total. The molecule has 21 heavy (non-hydrogen) atoms. The molecule has 1 atom stereocenters. The number of carbonyl (C=O) groups is 1. The van der Waals surface area contributed by atoms with Crippen LogP contribution in [0.25, 0.3) is 0 Å². The number of likely N-dealkylation sites (tertiary alicyclic amines) is 1. The lowest BCUT2D eigenvalue weighted by molar-refractivity contribution is -0.116. The van der Waals surface area contributed by atoms with Crippen LogP contribution in [0.1, 0.15) is 32.1 Å². The van der Waals surface area contributed by atoms with Crippen molar-refractivity contribution in [2.45, 2.75) is 38.1 Å². The Bertz CT molecular complexity index is 447. The fourth-order valence-corrected chi connectivity index (χ4v) is 2.77. The van der Waals surface area contributed by atoms with Crippen LogP contribution in [0.5, 0.6) is 0 Å². The highest BCUT2D eigenvalue weighted by atomic mass is 16.3. The minimum atomic E-state index is 0.000656. The highest BCUT2D eigenvalue weighted by Gasteiger charge is 2.20. The van der Waals surface area contributed by atoms with Crippen molar-refractivity contribution in [1.29, 1.82) is 0 Å². The van der Waals surface area contributed by atoms with Crippen LogP contribution in [0.3, 0.4) is 0 Å². The summed E-state index contributed by atoms with van der Waals surface area (Å²) in [4.78, 5) is 14.2. The molecule has 1 amide bonds. The van der Waals surface area contributed by atoms with E-state index < -0.39 is 0 Å². The van der Waals surface area contributed by atoms with Gasteiger partial charge in [0, 0.05) is 30.4 Å². The summed E-state index contributed by atoms with van der Waals surface area (Å²) in [6.45, 7) is 1.85. The Balaban J connectivity index is 1.80. The molecule has 116 valence electrons. The third-order valence-electron chi connectivity index (χ3n) is 4.03. The van der Waals surface area contributed by atoms with Crippen molar-refractivity contribution in [2.24, 2.45) is 0 Å². The highest BCUT2D eigenvalue weighted by Crippen LogP contribution is 2.17. The Morgan fingerprint density at radius 3 is 2.76 bits per heavy atom. The van der Waals surface area contributed by atoms with Gasteiger partial charge in [0.25, 0.3) is 0 Å². The molecule has 0 aliphatic carbocycles. The second-order valence-corrected chi connectivity index (χ2v) is 5.64. The van der Waals surface area contributed by atoms with Crippen LogP contribution >= 0.6 is 0 Å². The van der Waals surface area contributed by atoms with E-state index in [-0.39, 0.29) is 18.6 Å². The van der Waals surface area contributed by atoms with E-state index in [1.54, 1.807) is 24.3 Å². The van der Waals surface area contributed by atoms with Gasteiger partial charge in [-0.3, -0.25) is 9.69 Å². The van der Waals surface area contributed by atoms with Crippen molar-refractivity contribution in [3.05, 3.63) is 24.3 Å². The van der Waals surface area contributed by atoms with Crippen molar-refractivity contribution in [2.75, 3.05) is 30.7 Å². The summed E-state index contributed by atoms with van der Waals surface area (Å²) >= 11 is 0. The minimum absolute atomic E-state index is 0.000656. The predicted octanol–water partition coefficient (Wildman–Crippen LogP) is 1.83. The maximum absolute atomic E-state index is 12.0. The molecule has 0 radical (unpaired) electrons. The lowest BCUT2D eigenvalue weighted by Gasteiger charge is -2.28. The number of benzene rings is 1. The molecule has 1 aromatic carbocycles. The number of aliphatic hydroxyl groups excluding tert-OH is 1. The SMILES string of the molecule is Nc1ccc(NC(=O)CCN2CCCCCC2CO)cc1. The molecule has 1 aromatic rings. The summed E-state index contributed by atoms with van der Waals surface area (Å²) in [6, 6.07) is 7.35. The zero-order valence-electron chi connectivity index (χ0n) is 12.4. The number of nitrogens with zero attached hydrogens (tertiary/aromatic N) is 1. The van der Waals surface area contributed by atoms with Gasteiger partial charge in [-0.15, -0.1) is 0 Å². The van der Waals surface area contributed by atoms with Crippen LogP contribution in [-0.4, -0.2) is 41.7 Å². The number of nitrogen functional groups attached to an aromatic ring is 1. The molecule has 1 aliphatic rings. The Labute approximate surface area is 126 Å². The third-order valence-corrected chi connectivity index (χ3v) is 4.03. The average molecular weight is 291 g/mol. The molecule has 1 aliphatic heterocycles. The highest BCUT2D eigenvalue weighted by molar-refractivity contribution is 5.90. The first-order valence-electron chi connectivity index (χ1n) is 7.69. The van der Waals surface area contributed by atoms with Crippen molar-refractivity contribution < 1.29 is 9.90 Å². The third kappa shape index (κ3) is 5.02. The van der Waals surface area contributed by atoms with E-state index in [0.717, 1.165) is 25.1 Å². The number of nitrogens with one attached hydrogen (secondary N) is 1. The molecule has 0 spiro atoms. The quantitative estimate of drug-likeness (QED) is 0.723. The number of nitrogens with two attached hydrogens (primary N) is 1. The van der Waals surface area contributed by atoms with E-state index in [0.29, 0.717) is 18.7 Å². The maximum Gasteiger partial charge on any atom is 0.225 e. The Hall–Kier alpha value is -1.59. The fourth-order valence-electron chi connectivity index (χ4n) is 2.77. The molecule has 2 rings (SSSR count). The number of hydrogen-bond donors (Lipinski definition) is 3. The van der Waals surface area contributed by atoms with E-state index in [9.17, 15) is 9.90 Å². The molecule has 1 unspecified atom stereocenters. The van der Waals surface area contributed by atoms with E-state index in [1.807, 2.05) is 0 Å².